The fourth-order valence-electron chi connectivity index (χ4n) is 2.19. The molecule has 98 valence electrons. The summed E-state index contributed by atoms with van der Waals surface area (Å²) in [5.74, 6) is -0.167. The van der Waals surface area contributed by atoms with Gasteiger partial charge in [-0.15, -0.1) is 11.3 Å². The number of nitrogens with one attached hydrogen (secondary N) is 1. The maximum absolute atomic E-state index is 13.2. The van der Waals surface area contributed by atoms with E-state index >= 15 is 0 Å². The first-order valence-electron chi connectivity index (χ1n) is 6.13. The fraction of sp³-hybridized carbons (Fsp3) is 0.200. The molecule has 2 aromatic heterocycles. The van der Waals surface area contributed by atoms with Gasteiger partial charge in [-0.05, 0) is 59.4 Å². The molecule has 3 rings (SSSR count). The molecule has 19 heavy (non-hydrogen) atoms. The van der Waals surface area contributed by atoms with Gasteiger partial charge in [0.2, 0.25) is 0 Å². The Bertz CT molecular complexity index is 673. The van der Waals surface area contributed by atoms with Crippen molar-refractivity contribution in [3.63, 3.8) is 0 Å². The Morgan fingerprint density at radius 2 is 2.16 bits per heavy atom. The number of benzene rings is 1. The van der Waals surface area contributed by atoms with Crippen molar-refractivity contribution in [2.75, 3.05) is 7.05 Å². The highest BCUT2D eigenvalue weighted by Crippen LogP contribution is 2.32. The molecule has 1 unspecified atom stereocenters. The van der Waals surface area contributed by atoms with Crippen molar-refractivity contribution in [3.05, 3.63) is 57.3 Å². The molecule has 0 saturated carbocycles. The second kappa shape index (κ2) is 5.41. The van der Waals surface area contributed by atoms with Crippen LogP contribution in [0.5, 0.6) is 0 Å². The van der Waals surface area contributed by atoms with E-state index in [0.29, 0.717) is 0 Å². The van der Waals surface area contributed by atoms with E-state index in [1.807, 2.05) is 13.1 Å². The summed E-state index contributed by atoms with van der Waals surface area (Å²) >= 11 is 3.39. The number of rotatable bonds is 4. The van der Waals surface area contributed by atoms with Crippen LogP contribution in [0.4, 0.5) is 4.39 Å². The molecule has 0 spiro atoms. The zero-order chi connectivity index (χ0) is 13.2. The number of thiophene rings is 2. The summed E-state index contributed by atoms with van der Waals surface area (Å²) in [6.07, 6.45) is 0.968. The van der Waals surface area contributed by atoms with Gasteiger partial charge < -0.3 is 5.32 Å². The second-order valence-corrected chi connectivity index (χ2v) is 6.40. The lowest BCUT2D eigenvalue weighted by atomic mass is 10.1. The highest BCUT2D eigenvalue weighted by molar-refractivity contribution is 7.19. The van der Waals surface area contributed by atoms with E-state index in [2.05, 4.69) is 28.2 Å². The first-order chi connectivity index (χ1) is 9.26. The van der Waals surface area contributed by atoms with E-state index in [9.17, 15) is 4.39 Å². The smallest absolute Gasteiger partial charge is 0.124 e. The van der Waals surface area contributed by atoms with Crippen LogP contribution in [0, 0.1) is 5.82 Å². The van der Waals surface area contributed by atoms with Gasteiger partial charge in [0.25, 0.3) is 0 Å². The van der Waals surface area contributed by atoms with Crippen molar-refractivity contribution < 1.29 is 4.39 Å². The molecule has 0 radical (unpaired) electrons. The summed E-state index contributed by atoms with van der Waals surface area (Å²) in [6, 6.07) is 9.58. The maximum Gasteiger partial charge on any atom is 0.124 e. The first kappa shape index (κ1) is 12.8. The van der Waals surface area contributed by atoms with Crippen LogP contribution in [-0.4, -0.2) is 7.05 Å². The largest absolute Gasteiger partial charge is 0.312 e. The minimum atomic E-state index is -0.167. The molecule has 1 atom stereocenters. The monoisotopic (exact) mass is 291 g/mol. The maximum atomic E-state index is 13.2. The molecule has 0 bridgehead atoms. The van der Waals surface area contributed by atoms with Crippen LogP contribution < -0.4 is 5.32 Å². The summed E-state index contributed by atoms with van der Waals surface area (Å²) < 4.78 is 14.2. The van der Waals surface area contributed by atoms with Gasteiger partial charge in [-0.3, -0.25) is 0 Å². The van der Waals surface area contributed by atoms with Crippen LogP contribution in [0.15, 0.2) is 41.1 Å². The topological polar surface area (TPSA) is 12.0 Å². The predicted molar refractivity (Wildman–Crippen MR) is 81.6 cm³/mol. The Hall–Kier alpha value is -1.23. The van der Waals surface area contributed by atoms with Crippen molar-refractivity contribution >= 4 is 32.8 Å². The van der Waals surface area contributed by atoms with Gasteiger partial charge in [0.1, 0.15) is 5.82 Å². The van der Waals surface area contributed by atoms with Gasteiger partial charge in [-0.25, -0.2) is 4.39 Å². The van der Waals surface area contributed by atoms with Crippen molar-refractivity contribution in [2.45, 2.75) is 12.5 Å². The summed E-state index contributed by atoms with van der Waals surface area (Å²) in [7, 11) is 1.97. The van der Waals surface area contributed by atoms with Crippen molar-refractivity contribution in [2.24, 2.45) is 0 Å². The zero-order valence-electron chi connectivity index (χ0n) is 10.5. The van der Waals surface area contributed by atoms with Crippen LogP contribution in [0.1, 0.15) is 16.5 Å². The summed E-state index contributed by atoms with van der Waals surface area (Å²) in [5.41, 5.74) is 1.34. The average Bonchev–Trinajstić information content (AvgIpc) is 3.03. The normalized spacial score (nSPS) is 12.9. The van der Waals surface area contributed by atoms with Gasteiger partial charge in [0.05, 0.1) is 0 Å². The van der Waals surface area contributed by atoms with E-state index < -0.39 is 0 Å². The Balaban J connectivity index is 1.92. The van der Waals surface area contributed by atoms with Crippen molar-refractivity contribution in [1.29, 1.82) is 0 Å². The lowest BCUT2D eigenvalue weighted by Crippen LogP contribution is -2.17. The minimum absolute atomic E-state index is 0.167. The molecule has 0 saturated heterocycles. The predicted octanol–water partition coefficient (Wildman–Crippen LogP) is 4.61. The van der Waals surface area contributed by atoms with Crippen LogP contribution in [0.2, 0.25) is 0 Å². The molecule has 0 aliphatic heterocycles. The minimum Gasteiger partial charge on any atom is -0.312 e. The Morgan fingerprint density at radius 1 is 1.26 bits per heavy atom. The van der Waals surface area contributed by atoms with Gasteiger partial charge >= 0.3 is 0 Å². The second-order valence-electron chi connectivity index (χ2n) is 4.51. The van der Waals surface area contributed by atoms with Gasteiger partial charge in [0, 0.05) is 15.6 Å². The van der Waals surface area contributed by atoms with E-state index in [1.54, 1.807) is 28.7 Å². The third-order valence-electron chi connectivity index (χ3n) is 3.21. The van der Waals surface area contributed by atoms with Crippen LogP contribution >= 0.6 is 22.7 Å². The fourth-order valence-corrected chi connectivity index (χ4v) is 4.07. The Labute approximate surface area is 119 Å². The van der Waals surface area contributed by atoms with Gasteiger partial charge in [-0.1, -0.05) is 6.07 Å². The van der Waals surface area contributed by atoms with E-state index in [4.69, 9.17) is 0 Å². The van der Waals surface area contributed by atoms with Gasteiger partial charge in [-0.2, -0.15) is 11.3 Å². The average molecular weight is 291 g/mol. The van der Waals surface area contributed by atoms with Crippen molar-refractivity contribution in [1.82, 2.24) is 5.32 Å². The SMILES string of the molecule is CNC(Cc1ccsc1)c1cc2ccc(F)cc2s1. The lowest BCUT2D eigenvalue weighted by Gasteiger charge is -2.13. The molecule has 0 fully saturated rings. The quantitative estimate of drug-likeness (QED) is 0.740. The highest BCUT2D eigenvalue weighted by atomic mass is 32.1. The van der Waals surface area contributed by atoms with Crippen molar-refractivity contribution in [3.8, 4) is 0 Å². The molecule has 1 nitrogen and oxygen atoms in total. The number of hydrogen-bond acceptors (Lipinski definition) is 3. The number of halogens is 1. The van der Waals surface area contributed by atoms with E-state index in [0.717, 1.165) is 16.5 Å². The Kier molecular flexibility index (Phi) is 3.64. The standard InChI is InChI=1S/C15H14FNS2/c1-17-13(6-10-4-5-18-9-10)15-7-11-2-3-12(16)8-14(11)19-15/h2-5,7-9,13,17H,6H2,1H3. The molecule has 0 aliphatic rings. The van der Waals surface area contributed by atoms with E-state index in [1.165, 1.54) is 16.5 Å². The summed E-state index contributed by atoms with van der Waals surface area (Å²) in [5, 5.41) is 8.75. The number of fused-ring (bicyclic) bond motifs is 1. The molecule has 3 aromatic rings. The number of hydrogen-bond donors (Lipinski definition) is 1. The molecule has 4 heteroatoms. The zero-order valence-corrected chi connectivity index (χ0v) is 12.2. The molecule has 2 heterocycles. The highest BCUT2D eigenvalue weighted by Gasteiger charge is 2.14. The lowest BCUT2D eigenvalue weighted by molar-refractivity contribution is 0.603. The third kappa shape index (κ3) is 2.71. The molecular weight excluding hydrogens is 277 g/mol. The number of likely N-dealkylation sites (N-methyl/N-ethyl adjacent to an activating group) is 1. The first-order valence-corrected chi connectivity index (χ1v) is 7.89. The van der Waals surface area contributed by atoms with Crippen LogP contribution in [-0.2, 0) is 6.42 Å². The molecule has 1 aromatic carbocycles. The van der Waals surface area contributed by atoms with Gasteiger partial charge in [0.15, 0.2) is 0 Å². The van der Waals surface area contributed by atoms with Crippen LogP contribution in [0.3, 0.4) is 0 Å². The third-order valence-corrected chi connectivity index (χ3v) is 5.16. The van der Waals surface area contributed by atoms with Crippen LogP contribution in [0.25, 0.3) is 10.1 Å². The Morgan fingerprint density at radius 3 is 2.89 bits per heavy atom. The summed E-state index contributed by atoms with van der Waals surface area (Å²) in [4.78, 5) is 1.26. The molecule has 1 N–H and O–H groups in total. The van der Waals surface area contributed by atoms with E-state index in [-0.39, 0.29) is 11.9 Å². The molecule has 0 aliphatic carbocycles. The molecular formula is C15H14FNS2. The summed E-state index contributed by atoms with van der Waals surface area (Å²) in [6.45, 7) is 0. The molecule has 0 amide bonds.